The molecule has 1 aromatic carbocycles. The Morgan fingerprint density at radius 3 is 2.64 bits per heavy atom. The van der Waals surface area contributed by atoms with E-state index in [9.17, 15) is 5.11 Å². The number of hydrogen-bond acceptors (Lipinski definition) is 5. The first-order valence-corrected chi connectivity index (χ1v) is 9.90. The van der Waals surface area contributed by atoms with Gasteiger partial charge < -0.3 is 15.7 Å². The van der Waals surface area contributed by atoms with Gasteiger partial charge in [-0.1, -0.05) is 25.4 Å². The van der Waals surface area contributed by atoms with Crippen LogP contribution >= 0.6 is 34.2 Å². The summed E-state index contributed by atoms with van der Waals surface area (Å²) in [6.45, 7) is 4.16. The molecule has 25 heavy (non-hydrogen) atoms. The van der Waals surface area contributed by atoms with Crippen LogP contribution in [-0.2, 0) is 0 Å². The van der Waals surface area contributed by atoms with Crippen LogP contribution in [0.25, 0.3) is 0 Å². The summed E-state index contributed by atoms with van der Waals surface area (Å²) in [4.78, 5) is 9.20. The summed E-state index contributed by atoms with van der Waals surface area (Å²) in [6.07, 6.45) is 2.32. The fourth-order valence-corrected chi connectivity index (χ4v) is 3.40. The van der Waals surface area contributed by atoms with Gasteiger partial charge >= 0.3 is 0 Å². The first kappa shape index (κ1) is 18.7. The summed E-state index contributed by atoms with van der Waals surface area (Å²) in [5.41, 5.74) is 1.85. The molecule has 3 rings (SSSR count). The van der Waals surface area contributed by atoms with E-state index in [1.54, 1.807) is 0 Å². The lowest BCUT2D eigenvalue weighted by Gasteiger charge is -2.20. The first-order valence-electron chi connectivity index (χ1n) is 8.44. The van der Waals surface area contributed by atoms with E-state index in [2.05, 4.69) is 57.0 Å². The van der Waals surface area contributed by atoms with Crippen LogP contribution in [0.4, 0.5) is 17.5 Å². The zero-order chi connectivity index (χ0) is 18.0. The lowest BCUT2D eigenvalue weighted by Crippen LogP contribution is -2.30. The number of aliphatic hydroxyl groups is 1. The van der Waals surface area contributed by atoms with Crippen molar-refractivity contribution >= 4 is 51.6 Å². The van der Waals surface area contributed by atoms with Gasteiger partial charge in [-0.2, -0.15) is 4.98 Å². The van der Waals surface area contributed by atoms with Crippen LogP contribution in [0.1, 0.15) is 38.3 Å². The molecule has 1 aliphatic rings. The van der Waals surface area contributed by atoms with Crippen molar-refractivity contribution in [3.05, 3.63) is 38.6 Å². The van der Waals surface area contributed by atoms with Gasteiger partial charge in [-0.15, -0.1) is 0 Å². The maximum atomic E-state index is 9.56. The molecule has 2 aromatic rings. The zero-order valence-corrected chi connectivity index (χ0v) is 17.2. The Kier molecular flexibility index (Phi) is 6.01. The normalized spacial score (nSPS) is 15.3. The number of aromatic nitrogens is 2. The molecule has 1 saturated carbocycles. The third-order valence-corrected chi connectivity index (χ3v) is 5.24. The standard InChI is InChI=1S/C18H22ClIN4O/c1-10(2)16(9-25)23-18-22-15(11-3-4-11)8-17(24-18)21-14-6-5-12(20)7-13(14)19/h5-8,10-11,16,25H,3-4,9H2,1-2H3,(H2,21,22,23,24)/t16-/m1/s1. The van der Waals surface area contributed by atoms with Crippen LogP contribution in [0, 0.1) is 9.49 Å². The van der Waals surface area contributed by atoms with Crippen molar-refractivity contribution in [2.45, 2.75) is 38.6 Å². The highest BCUT2D eigenvalue weighted by atomic mass is 127. The second kappa shape index (κ2) is 8.05. The average molecular weight is 473 g/mol. The molecule has 0 unspecified atom stereocenters. The number of hydrogen-bond donors (Lipinski definition) is 3. The molecule has 0 saturated heterocycles. The van der Waals surface area contributed by atoms with E-state index in [0.717, 1.165) is 27.8 Å². The Balaban J connectivity index is 1.87. The minimum atomic E-state index is -0.0794. The number of rotatable bonds is 7. The highest BCUT2D eigenvalue weighted by Crippen LogP contribution is 2.40. The van der Waals surface area contributed by atoms with Gasteiger partial charge in [0, 0.05) is 15.6 Å². The smallest absolute Gasteiger partial charge is 0.225 e. The summed E-state index contributed by atoms with van der Waals surface area (Å²) in [5, 5.41) is 16.8. The van der Waals surface area contributed by atoms with Crippen LogP contribution in [0.3, 0.4) is 0 Å². The number of anilines is 3. The Morgan fingerprint density at radius 2 is 2.04 bits per heavy atom. The van der Waals surface area contributed by atoms with Gasteiger partial charge in [0.2, 0.25) is 5.95 Å². The van der Waals surface area contributed by atoms with Gasteiger partial charge in [0.25, 0.3) is 0 Å². The van der Waals surface area contributed by atoms with Gasteiger partial charge in [-0.3, -0.25) is 0 Å². The molecule has 1 atom stereocenters. The second-order valence-electron chi connectivity index (χ2n) is 6.70. The molecule has 5 nitrogen and oxygen atoms in total. The van der Waals surface area contributed by atoms with E-state index in [1.165, 1.54) is 0 Å². The van der Waals surface area contributed by atoms with Crippen molar-refractivity contribution in [1.29, 1.82) is 0 Å². The summed E-state index contributed by atoms with van der Waals surface area (Å²) in [5.74, 6) is 2.03. The zero-order valence-electron chi connectivity index (χ0n) is 14.3. The maximum absolute atomic E-state index is 9.56. The first-order chi connectivity index (χ1) is 12.0. The molecule has 0 radical (unpaired) electrons. The van der Waals surface area contributed by atoms with E-state index >= 15 is 0 Å². The average Bonchev–Trinajstić information content (AvgIpc) is 3.40. The molecular formula is C18H22ClIN4O. The van der Waals surface area contributed by atoms with Crippen molar-refractivity contribution in [3.8, 4) is 0 Å². The van der Waals surface area contributed by atoms with Crippen LogP contribution in [0.5, 0.6) is 0 Å². The molecule has 1 heterocycles. The van der Waals surface area contributed by atoms with Crippen molar-refractivity contribution in [3.63, 3.8) is 0 Å². The summed E-state index contributed by atoms with van der Waals surface area (Å²) in [6, 6.07) is 7.76. The van der Waals surface area contributed by atoms with Crippen molar-refractivity contribution in [2.24, 2.45) is 5.92 Å². The Morgan fingerprint density at radius 1 is 1.28 bits per heavy atom. The molecule has 0 aliphatic heterocycles. The molecule has 3 N–H and O–H groups in total. The molecule has 1 aliphatic carbocycles. The fraction of sp³-hybridized carbons (Fsp3) is 0.444. The predicted octanol–water partition coefficient (Wildman–Crippen LogP) is 4.78. The quantitative estimate of drug-likeness (QED) is 0.506. The number of halogens is 2. The summed E-state index contributed by atoms with van der Waals surface area (Å²) < 4.78 is 1.08. The van der Waals surface area contributed by atoms with E-state index in [1.807, 2.05) is 24.3 Å². The molecule has 0 bridgehead atoms. The Labute approximate surface area is 166 Å². The molecule has 1 aromatic heterocycles. The highest BCUT2D eigenvalue weighted by Gasteiger charge is 2.26. The van der Waals surface area contributed by atoms with Crippen molar-refractivity contribution in [2.75, 3.05) is 17.2 Å². The van der Waals surface area contributed by atoms with Crippen LogP contribution in [-0.4, -0.2) is 27.7 Å². The number of nitrogens with one attached hydrogen (secondary N) is 2. The largest absolute Gasteiger partial charge is 0.394 e. The lowest BCUT2D eigenvalue weighted by atomic mass is 10.1. The molecule has 134 valence electrons. The fourth-order valence-electron chi connectivity index (χ4n) is 2.50. The van der Waals surface area contributed by atoms with Crippen LogP contribution in [0.2, 0.25) is 5.02 Å². The Hall–Kier alpha value is -1.12. The van der Waals surface area contributed by atoms with Gasteiger partial charge in [0.1, 0.15) is 5.82 Å². The number of aliphatic hydroxyl groups excluding tert-OH is 1. The summed E-state index contributed by atoms with van der Waals surface area (Å²) >= 11 is 8.56. The van der Waals surface area contributed by atoms with Gasteiger partial charge in [0.05, 0.1) is 29.1 Å². The lowest BCUT2D eigenvalue weighted by molar-refractivity contribution is 0.248. The predicted molar refractivity (Wildman–Crippen MR) is 111 cm³/mol. The molecule has 1 fully saturated rings. The minimum absolute atomic E-state index is 0.0421. The Bertz CT molecular complexity index is 752. The summed E-state index contributed by atoms with van der Waals surface area (Å²) in [7, 11) is 0. The molecular weight excluding hydrogens is 451 g/mol. The van der Waals surface area contributed by atoms with E-state index in [4.69, 9.17) is 11.6 Å². The number of nitrogens with zero attached hydrogens (tertiary/aromatic N) is 2. The minimum Gasteiger partial charge on any atom is -0.394 e. The SMILES string of the molecule is CC(C)[C@@H](CO)Nc1nc(Nc2ccc(I)cc2Cl)cc(C2CC2)n1. The van der Waals surface area contributed by atoms with Crippen molar-refractivity contribution in [1.82, 2.24) is 9.97 Å². The molecule has 7 heteroatoms. The van der Waals surface area contributed by atoms with Crippen LogP contribution < -0.4 is 10.6 Å². The van der Waals surface area contributed by atoms with Gasteiger partial charge in [-0.05, 0) is 59.5 Å². The van der Waals surface area contributed by atoms with Crippen molar-refractivity contribution < 1.29 is 5.11 Å². The highest BCUT2D eigenvalue weighted by molar-refractivity contribution is 14.1. The van der Waals surface area contributed by atoms with E-state index in [0.29, 0.717) is 22.7 Å². The van der Waals surface area contributed by atoms with Gasteiger partial charge in [-0.25, -0.2) is 4.98 Å². The second-order valence-corrected chi connectivity index (χ2v) is 8.36. The third-order valence-electron chi connectivity index (χ3n) is 4.25. The van der Waals surface area contributed by atoms with E-state index < -0.39 is 0 Å². The maximum Gasteiger partial charge on any atom is 0.225 e. The molecule has 0 amide bonds. The van der Waals surface area contributed by atoms with Crippen LogP contribution in [0.15, 0.2) is 24.3 Å². The monoisotopic (exact) mass is 472 g/mol. The topological polar surface area (TPSA) is 70.1 Å². The van der Waals surface area contributed by atoms with E-state index in [-0.39, 0.29) is 18.6 Å². The third kappa shape index (κ3) is 4.95. The number of benzene rings is 1. The molecule has 0 spiro atoms. The van der Waals surface area contributed by atoms with Gasteiger partial charge in [0.15, 0.2) is 0 Å².